The third kappa shape index (κ3) is 4.01. The number of aliphatic carboxylic acids is 2. The summed E-state index contributed by atoms with van der Waals surface area (Å²) in [6, 6.07) is 13.4. The molecule has 1 aromatic carbocycles. The van der Waals surface area contributed by atoms with Crippen LogP contribution >= 0.6 is 0 Å². The van der Waals surface area contributed by atoms with Crippen molar-refractivity contribution in [3.63, 3.8) is 0 Å². The Morgan fingerprint density at radius 1 is 0.952 bits per heavy atom. The summed E-state index contributed by atoms with van der Waals surface area (Å²) < 4.78 is 1.27. The van der Waals surface area contributed by atoms with Gasteiger partial charge in [-0.15, -0.1) is 0 Å². The summed E-state index contributed by atoms with van der Waals surface area (Å²) >= 11 is 0. The lowest BCUT2D eigenvalue weighted by Crippen LogP contribution is -2.36. The zero-order valence-electron chi connectivity index (χ0n) is 11.1. The van der Waals surface area contributed by atoms with E-state index in [1.165, 1.54) is 4.57 Å². The van der Waals surface area contributed by atoms with Crippen LogP contribution in [0.15, 0.2) is 60.9 Å². The van der Waals surface area contributed by atoms with Crippen molar-refractivity contribution in [2.75, 3.05) is 0 Å². The molecule has 5 nitrogen and oxygen atoms in total. The van der Waals surface area contributed by atoms with E-state index >= 15 is 0 Å². The van der Waals surface area contributed by atoms with Crippen molar-refractivity contribution < 1.29 is 24.4 Å². The zero-order valence-corrected chi connectivity index (χ0v) is 11.1. The molecule has 1 aromatic heterocycles. The van der Waals surface area contributed by atoms with E-state index in [0.29, 0.717) is 6.08 Å². The predicted octanol–water partition coefficient (Wildman–Crippen LogP) is 1.57. The molecule has 0 spiro atoms. The van der Waals surface area contributed by atoms with E-state index < -0.39 is 11.9 Å². The lowest BCUT2D eigenvalue weighted by Gasteiger charge is -2.01. The summed E-state index contributed by atoms with van der Waals surface area (Å²) in [5, 5.41) is 17.7. The van der Waals surface area contributed by atoms with Gasteiger partial charge in [0.1, 0.15) is 6.08 Å². The molecule has 2 aromatic rings. The molecule has 0 aliphatic rings. The van der Waals surface area contributed by atoms with Gasteiger partial charge in [0.15, 0.2) is 12.4 Å². The molecular weight excluding hydrogens is 270 g/mol. The van der Waals surface area contributed by atoms with Crippen LogP contribution < -0.4 is 4.57 Å². The standard InChI is InChI=1S/C16H13NO4/c18-15(19)11-14(16(20)21)17-8-6-13(7-9-17)10-12-4-2-1-3-5-12/h1-9,11H,10H2,(H-,18,19,20,21)/p+1/b14-11-. The highest BCUT2D eigenvalue weighted by Crippen LogP contribution is 2.07. The number of aromatic nitrogens is 1. The van der Waals surface area contributed by atoms with Crippen LogP contribution in [0, 0.1) is 0 Å². The van der Waals surface area contributed by atoms with Crippen LogP contribution in [0.3, 0.4) is 0 Å². The van der Waals surface area contributed by atoms with Crippen LogP contribution in [0.2, 0.25) is 0 Å². The Morgan fingerprint density at radius 3 is 2.05 bits per heavy atom. The molecule has 0 saturated heterocycles. The van der Waals surface area contributed by atoms with Gasteiger partial charge in [-0.25, -0.2) is 9.59 Å². The van der Waals surface area contributed by atoms with Gasteiger partial charge in [0.05, 0.1) is 0 Å². The van der Waals surface area contributed by atoms with Gasteiger partial charge in [0, 0.05) is 12.1 Å². The van der Waals surface area contributed by atoms with E-state index in [-0.39, 0.29) is 5.70 Å². The first kappa shape index (κ1) is 14.5. The van der Waals surface area contributed by atoms with E-state index in [1.54, 1.807) is 24.5 Å². The molecule has 21 heavy (non-hydrogen) atoms. The Labute approximate surface area is 121 Å². The molecule has 0 atom stereocenters. The van der Waals surface area contributed by atoms with Crippen molar-refractivity contribution in [3.05, 3.63) is 72.1 Å². The van der Waals surface area contributed by atoms with E-state index in [2.05, 4.69) is 0 Å². The molecule has 0 saturated carbocycles. The number of hydrogen-bond donors (Lipinski definition) is 2. The molecule has 0 aliphatic carbocycles. The predicted molar refractivity (Wildman–Crippen MR) is 75.4 cm³/mol. The first-order valence-electron chi connectivity index (χ1n) is 6.28. The van der Waals surface area contributed by atoms with Gasteiger partial charge < -0.3 is 10.2 Å². The Balaban J connectivity index is 2.22. The number of carboxylic acids is 2. The van der Waals surface area contributed by atoms with E-state index in [4.69, 9.17) is 10.2 Å². The fraction of sp³-hybridized carbons (Fsp3) is 0.0625. The third-order valence-electron chi connectivity index (χ3n) is 2.91. The minimum absolute atomic E-state index is 0.311. The van der Waals surface area contributed by atoms with Crippen LogP contribution in [-0.2, 0) is 16.0 Å². The number of nitrogens with zero attached hydrogens (tertiary/aromatic N) is 1. The number of rotatable bonds is 5. The highest BCUT2D eigenvalue weighted by Gasteiger charge is 2.20. The minimum atomic E-state index is -1.30. The summed E-state index contributed by atoms with van der Waals surface area (Å²) in [4.78, 5) is 21.7. The second-order valence-corrected chi connectivity index (χ2v) is 4.45. The molecule has 0 aliphatic heterocycles. The summed E-state index contributed by atoms with van der Waals surface area (Å²) in [6.45, 7) is 0. The van der Waals surface area contributed by atoms with Crippen LogP contribution in [0.4, 0.5) is 0 Å². The Kier molecular flexibility index (Phi) is 4.46. The maximum Gasteiger partial charge on any atom is 0.402 e. The third-order valence-corrected chi connectivity index (χ3v) is 2.91. The van der Waals surface area contributed by atoms with Crippen LogP contribution in [0.1, 0.15) is 11.1 Å². The molecule has 0 fully saturated rings. The summed E-state index contributed by atoms with van der Waals surface area (Å²) in [7, 11) is 0. The smallest absolute Gasteiger partial charge is 0.402 e. The fourth-order valence-electron chi connectivity index (χ4n) is 1.93. The zero-order chi connectivity index (χ0) is 15.2. The molecule has 2 rings (SSSR count). The number of hydrogen-bond acceptors (Lipinski definition) is 2. The van der Waals surface area contributed by atoms with Gasteiger partial charge in [-0.3, -0.25) is 0 Å². The molecule has 5 heteroatoms. The number of pyridine rings is 1. The maximum atomic E-state index is 11.1. The molecule has 1 heterocycles. The Morgan fingerprint density at radius 2 is 1.52 bits per heavy atom. The SMILES string of the molecule is O=C(O)/C=C(/C(=O)O)[n+]1ccc(Cc2ccccc2)cc1. The van der Waals surface area contributed by atoms with Crippen molar-refractivity contribution >= 4 is 17.6 Å². The first-order valence-corrected chi connectivity index (χ1v) is 6.28. The van der Waals surface area contributed by atoms with Gasteiger partial charge in [-0.1, -0.05) is 30.3 Å². The Bertz CT molecular complexity index is 675. The van der Waals surface area contributed by atoms with Crippen LogP contribution in [0.25, 0.3) is 5.70 Å². The van der Waals surface area contributed by atoms with Crippen molar-refractivity contribution in [3.8, 4) is 0 Å². The number of carboxylic acid groups (broad SMARTS) is 2. The maximum absolute atomic E-state index is 11.1. The summed E-state index contributed by atoms with van der Waals surface area (Å²) in [5.74, 6) is -2.59. The molecule has 0 radical (unpaired) electrons. The second-order valence-electron chi connectivity index (χ2n) is 4.45. The average Bonchev–Trinajstić information content (AvgIpc) is 2.46. The van der Waals surface area contributed by atoms with E-state index in [0.717, 1.165) is 17.5 Å². The minimum Gasteiger partial charge on any atom is -0.478 e. The molecule has 0 unspecified atom stereocenters. The van der Waals surface area contributed by atoms with Gasteiger partial charge in [0.2, 0.25) is 0 Å². The monoisotopic (exact) mass is 284 g/mol. The van der Waals surface area contributed by atoms with Crippen LogP contribution in [-0.4, -0.2) is 22.2 Å². The van der Waals surface area contributed by atoms with E-state index in [1.807, 2.05) is 30.3 Å². The van der Waals surface area contributed by atoms with E-state index in [9.17, 15) is 9.59 Å². The quantitative estimate of drug-likeness (QED) is 0.645. The lowest BCUT2D eigenvalue weighted by molar-refractivity contribution is -0.578. The van der Waals surface area contributed by atoms with Crippen molar-refractivity contribution in [1.29, 1.82) is 0 Å². The lowest BCUT2D eigenvalue weighted by atomic mass is 10.1. The highest BCUT2D eigenvalue weighted by atomic mass is 16.4. The Hall–Kier alpha value is -2.95. The molecule has 0 bridgehead atoms. The van der Waals surface area contributed by atoms with Crippen molar-refractivity contribution in [2.45, 2.75) is 6.42 Å². The topological polar surface area (TPSA) is 78.5 Å². The van der Waals surface area contributed by atoms with Crippen molar-refractivity contribution in [2.24, 2.45) is 0 Å². The van der Waals surface area contributed by atoms with Gasteiger partial charge in [0.25, 0.3) is 0 Å². The van der Waals surface area contributed by atoms with Gasteiger partial charge >= 0.3 is 17.6 Å². The number of carbonyl (C=O) groups is 2. The first-order chi connectivity index (χ1) is 10.1. The summed E-state index contributed by atoms with van der Waals surface area (Å²) in [5.41, 5.74) is 1.85. The normalized spacial score (nSPS) is 11.1. The fourth-order valence-corrected chi connectivity index (χ4v) is 1.93. The van der Waals surface area contributed by atoms with Crippen molar-refractivity contribution in [1.82, 2.24) is 0 Å². The molecule has 106 valence electrons. The summed E-state index contributed by atoms with van der Waals surface area (Å²) in [6.07, 6.45) is 4.48. The average molecular weight is 284 g/mol. The highest BCUT2D eigenvalue weighted by molar-refractivity contribution is 6.09. The second kappa shape index (κ2) is 6.47. The van der Waals surface area contributed by atoms with Gasteiger partial charge in [-0.05, 0) is 17.5 Å². The van der Waals surface area contributed by atoms with Crippen LogP contribution in [0.5, 0.6) is 0 Å². The van der Waals surface area contributed by atoms with Gasteiger partial charge in [-0.2, -0.15) is 4.57 Å². The molecule has 0 amide bonds. The number of benzene rings is 1. The molecular formula is C16H14NO4+. The molecule has 2 N–H and O–H groups in total. The largest absolute Gasteiger partial charge is 0.478 e.